The number of ether oxygens (including phenoxy) is 2. The van der Waals surface area contributed by atoms with Crippen LogP contribution in [0.1, 0.15) is 97.8 Å². The maximum Gasteiger partial charge on any atom is 0.302 e. The van der Waals surface area contributed by atoms with Crippen LogP contribution in [0.5, 0.6) is 0 Å². The van der Waals surface area contributed by atoms with E-state index in [4.69, 9.17) is 9.47 Å². The number of fused-ring (bicyclic) bond motifs is 5. The van der Waals surface area contributed by atoms with E-state index in [0.29, 0.717) is 29.6 Å². The molecular weight excluding hydrogens is 474 g/mol. The van der Waals surface area contributed by atoms with Crippen LogP contribution < -0.4 is 0 Å². The van der Waals surface area contributed by atoms with Gasteiger partial charge in [-0.2, -0.15) is 0 Å². The lowest BCUT2D eigenvalue weighted by Crippen LogP contribution is -2.61. The molecule has 5 nitrogen and oxygen atoms in total. The number of rotatable bonds is 5. The maximum atomic E-state index is 12.5. The van der Waals surface area contributed by atoms with Crippen molar-refractivity contribution in [2.24, 2.45) is 45.8 Å². The lowest BCUT2D eigenvalue weighted by atomic mass is 9.44. The van der Waals surface area contributed by atoms with Crippen molar-refractivity contribution < 1.29 is 19.4 Å². The summed E-state index contributed by atoms with van der Waals surface area (Å²) in [6.07, 6.45) is 16.4. The van der Waals surface area contributed by atoms with Crippen LogP contribution in [0.4, 0.5) is 0 Å². The second-order valence-corrected chi connectivity index (χ2v) is 14.9. The molecule has 1 N–H and O–H groups in total. The van der Waals surface area contributed by atoms with E-state index in [1.807, 2.05) is 0 Å². The number of hydrogen-bond donors (Lipinski definition) is 1. The van der Waals surface area contributed by atoms with Crippen LogP contribution in [-0.4, -0.2) is 60.5 Å². The Balaban J connectivity index is 1.30. The number of aliphatic hydroxyl groups excluding tert-OH is 1. The van der Waals surface area contributed by atoms with Gasteiger partial charge in [0.15, 0.2) is 0 Å². The first-order chi connectivity index (χ1) is 18.2. The first kappa shape index (κ1) is 27.3. The van der Waals surface area contributed by atoms with E-state index in [2.05, 4.69) is 31.4 Å². The summed E-state index contributed by atoms with van der Waals surface area (Å²) in [5.74, 6) is 3.04. The van der Waals surface area contributed by atoms with E-state index in [9.17, 15) is 9.90 Å². The van der Waals surface area contributed by atoms with Gasteiger partial charge < -0.3 is 14.6 Å². The molecular formula is C33H53NO4. The summed E-state index contributed by atoms with van der Waals surface area (Å²) >= 11 is 0. The SMILES string of the molecule is C=CCC1([C@H]2C[C@H]3[C@@H]4CC[C@H]5C[C@H](O)[C@@H](N6CCOCC6)C[C@]5(C)[C@H]4CC[C@]3(C)[C@H]2OC(C)=O)CCCC1. The Morgan fingerprint density at radius 2 is 1.76 bits per heavy atom. The van der Waals surface area contributed by atoms with Crippen molar-refractivity contribution in [1.82, 2.24) is 4.90 Å². The van der Waals surface area contributed by atoms with Gasteiger partial charge in [-0.1, -0.05) is 32.8 Å². The summed E-state index contributed by atoms with van der Waals surface area (Å²) in [5.41, 5.74) is 0.623. The molecule has 10 atom stereocenters. The number of aliphatic hydroxyl groups is 1. The third-order valence-corrected chi connectivity index (χ3v) is 13.4. The van der Waals surface area contributed by atoms with Gasteiger partial charge in [0.2, 0.25) is 0 Å². The molecule has 6 rings (SSSR count). The van der Waals surface area contributed by atoms with Crippen LogP contribution >= 0.6 is 0 Å². The zero-order valence-corrected chi connectivity index (χ0v) is 24.3. The Morgan fingerprint density at radius 1 is 1.03 bits per heavy atom. The molecule has 0 aromatic rings. The highest BCUT2D eigenvalue weighted by Gasteiger charge is 2.66. The van der Waals surface area contributed by atoms with Gasteiger partial charge in [-0.15, -0.1) is 6.58 Å². The van der Waals surface area contributed by atoms with E-state index >= 15 is 0 Å². The topological polar surface area (TPSA) is 59.0 Å². The maximum absolute atomic E-state index is 12.5. The van der Waals surface area contributed by atoms with E-state index < -0.39 is 0 Å². The van der Waals surface area contributed by atoms with E-state index in [1.54, 1.807) is 6.92 Å². The zero-order valence-electron chi connectivity index (χ0n) is 24.3. The smallest absolute Gasteiger partial charge is 0.302 e. The van der Waals surface area contributed by atoms with Crippen molar-refractivity contribution in [3.8, 4) is 0 Å². The van der Waals surface area contributed by atoms with Crippen LogP contribution in [0.15, 0.2) is 12.7 Å². The first-order valence-electron chi connectivity index (χ1n) is 16.0. The van der Waals surface area contributed by atoms with Gasteiger partial charge in [-0.25, -0.2) is 0 Å². The highest BCUT2D eigenvalue weighted by atomic mass is 16.5. The normalized spacial score (nSPS) is 48.5. The molecule has 5 saturated carbocycles. The standard InChI is InChI=1S/C33H53NO4/c1-5-11-33(12-6-7-13-33)27-20-26-24-9-8-23-19-29(36)28(34-15-17-37-18-16-34)21-32(23,4)25(24)10-14-31(26,3)30(27)38-22(2)35/h5,23-30,36H,1,6-21H2,2-4H3/t23-,24+,25-,26-,27-,28-,29-,30-,31-,32-/m0/s1. The molecule has 6 aliphatic rings. The fourth-order valence-corrected chi connectivity index (χ4v) is 11.6. The molecule has 0 radical (unpaired) electrons. The number of morpholine rings is 1. The van der Waals surface area contributed by atoms with Gasteiger partial charge in [0.1, 0.15) is 6.10 Å². The van der Waals surface area contributed by atoms with E-state index in [0.717, 1.165) is 45.6 Å². The summed E-state index contributed by atoms with van der Waals surface area (Å²) in [7, 11) is 0. The van der Waals surface area contributed by atoms with Crippen molar-refractivity contribution in [3.63, 3.8) is 0 Å². The fourth-order valence-electron chi connectivity index (χ4n) is 11.6. The summed E-state index contributed by atoms with van der Waals surface area (Å²) in [5, 5.41) is 11.3. The molecule has 6 fully saturated rings. The number of nitrogens with zero attached hydrogens (tertiary/aromatic N) is 1. The summed E-state index contributed by atoms with van der Waals surface area (Å²) in [6, 6.07) is 0.270. The summed E-state index contributed by atoms with van der Waals surface area (Å²) < 4.78 is 12.0. The van der Waals surface area contributed by atoms with Crippen LogP contribution in [0, 0.1) is 45.8 Å². The van der Waals surface area contributed by atoms with Crippen molar-refractivity contribution in [2.45, 2.75) is 116 Å². The summed E-state index contributed by atoms with van der Waals surface area (Å²) in [6.45, 7) is 14.4. The third-order valence-electron chi connectivity index (χ3n) is 13.4. The molecule has 0 bridgehead atoms. The Labute approximate surface area is 231 Å². The quantitative estimate of drug-likeness (QED) is 0.351. The monoisotopic (exact) mass is 527 g/mol. The zero-order chi connectivity index (χ0) is 26.7. The molecule has 1 heterocycles. The van der Waals surface area contributed by atoms with Gasteiger partial charge in [0.05, 0.1) is 19.3 Å². The van der Waals surface area contributed by atoms with Crippen LogP contribution in [0.25, 0.3) is 0 Å². The molecule has 5 heteroatoms. The minimum atomic E-state index is -0.207. The van der Waals surface area contributed by atoms with Crippen LogP contribution in [-0.2, 0) is 14.3 Å². The molecule has 1 saturated heterocycles. The van der Waals surface area contributed by atoms with Gasteiger partial charge in [0, 0.05) is 37.4 Å². The molecule has 38 heavy (non-hydrogen) atoms. The average Bonchev–Trinajstić information content (AvgIpc) is 3.48. The Kier molecular flexibility index (Phi) is 7.30. The lowest BCUT2D eigenvalue weighted by Gasteiger charge is -2.62. The molecule has 0 aromatic carbocycles. The molecule has 0 aromatic heterocycles. The van der Waals surface area contributed by atoms with Crippen LogP contribution in [0.2, 0.25) is 0 Å². The number of allylic oxidation sites excluding steroid dienone is 1. The van der Waals surface area contributed by atoms with E-state index in [1.165, 1.54) is 57.8 Å². The highest BCUT2D eigenvalue weighted by molar-refractivity contribution is 5.66. The fraction of sp³-hybridized carbons (Fsp3) is 0.909. The summed E-state index contributed by atoms with van der Waals surface area (Å²) in [4.78, 5) is 15.0. The van der Waals surface area contributed by atoms with Crippen molar-refractivity contribution in [1.29, 1.82) is 0 Å². The Bertz CT molecular complexity index is 893. The van der Waals surface area contributed by atoms with Crippen molar-refractivity contribution >= 4 is 5.97 Å². The van der Waals surface area contributed by atoms with Crippen LogP contribution in [0.3, 0.4) is 0 Å². The number of hydrogen-bond acceptors (Lipinski definition) is 5. The second-order valence-electron chi connectivity index (χ2n) is 14.9. The minimum absolute atomic E-state index is 0.0452. The number of carbonyl (C=O) groups is 1. The van der Waals surface area contributed by atoms with Crippen molar-refractivity contribution in [2.75, 3.05) is 26.3 Å². The predicted molar refractivity (Wildman–Crippen MR) is 149 cm³/mol. The molecule has 5 aliphatic carbocycles. The van der Waals surface area contributed by atoms with Gasteiger partial charge in [-0.3, -0.25) is 9.69 Å². The molecule has 0 spiro atoms. The minimum Gasteiger partial charge on any atom is -0.462 e. The Morgan fingerprint density at radius 3 is 2.45 bits per heavy atom. The van der Waals surface area contributed by atoms with E-state index in [-0.39, 0.29) is 40.5 Å². The third kappa shape index (κ3) is 4.24. The highest BCUT2D eigenvalue weighted by Crippen LogP contribution is 2.70. The molecule has 0 unspecified atom stereocenters. The first-order valence-corrected chi connectivity index (χ1v) is 16.0. The largest absolute Gasteiger partial charge is 0.462 e. The number of esters is 1. The van der Waals surface area contributed by atoms with Gasteiger partial charge in [-0.05, 0) is 98.7 Å². The van der Waals surface area contributed by atoms with Gasteiger partial charge >= 0.3 is 5.97 Å². The predicted octanol–water partition coefficient (Wildman–Crippen LogP) is 6.00. The van der Waals surface area contributed by atoms with Crippen molar-refractivity contribution in [3.05, 3.63) is 12.7 Å². The molecule has 1 aliphatic heterocycles. The molecule has 0 amide bonds. The molecule has 214 valence electrons. The second kappa shape index (κ2) is 10.2. The number of carbonyl (C=O) groups excluding carboxylic acids is 1. The average molecular weight is 528 g/mol. The lowest BCUT2D eigenvalue weighted by molar-refractivity contribution is -0.174. The van der Waals surface area contributed by atoms with Gasteiger partial charge in [0.25, 0.3) is 0 Å². The Hall–Kier alpha value is -0.910.